The Morgan fingerprint density at radius 1 is 0.600 bits per heavy atom. The monoisotopic (exact) mass is 430 g/mol. The van der Waals surface area contributed by atoms with E-state index >= 15 is 0 Å². The Balaban J connectivity index is 0.995. The summed E-state index contributed by atoms with van der Waals surface area (Å²) in [5.41, 5.74) is 0. The third kappa shape index (κ3) is 6.59. The minimum Gasteiger partial charge on any atom is -0.379 e. The lowest BCUT2D eigenvalue weighted by Gasteiger charge is -2.25. The molecule has 4 aliphatic rings. The van der Waals surface area contributed by atoms with Crippen LogP contribution < -0.4 is 0 Å². The summed E-state index contributed by atoms with van der Waals surface area (Å²) in [5.74, 6) is -1.63. The Morgan fingerprint density at radius 2 is 1.10 bits per heavy atom. The second-order valence-corrected chi connectivity index (χ2v) is 8.64. The van der Waals surface area contributed by atoms with Crippen LogP contribution in [0.25, 0.3) is 0 Å². The van der Waals surface area contributed by atoms with Gasteiger partial charge in [0.1, 0.15) is 12.2 Å². The molecule has 30 heavy (non-hydrogen) atoms. The van der Waals surface area contributed by atoms with Crippen LogP contribution in [0.5, 0.6) is 0 Å². The SMILES string of the molecule is C1CCOC2(CC1)OCC(COCCCCOCC1COC3(CCCCCO3)O1)O2. The maximum Gasteiger partial charge on any atom is 0.283 e. The lowest BCUT2D eigenvalue weighted by molar-refractivity contribution is -0.338. The highest BCUT2D eigenvalue weighted by Crippen LogP contribution is 2.34. The Hall–Kier alpha value is -0.320. The fraction of sp³-hybridized carbons (Fsp3) is 1.00. The number of ether oxygens (including phenoxy) is 8. The molecule has 8 heteroatoms. The number of hydrogen-bond acceptors (Lipinski definition) is 8. The molecule has 4 unspecified atom stereocenters. The van der Waals surface area contributed by atoms with Crippen LogP contribution in [0.3, 0.4) is 0 Å². The average Bonchev–Trinajstić information content (AvgIpc) is 3.14. The molecule has 0 N–H and O–H groups in total. The quantitative estimate of drug-likeness (QED) is 0.517. The zero-order chi connectivity index (χ0) is 20.5. The van der Waals surface area contributed by atoms with Gasteiger partial charge in [0.05, 0.1) is 39.6 Å². The molecule has 4 heterocycles. The van der Waals surface area contributed by atoms with Crippen LogP contribution >= 0.6 is 0 Å². The Kier molecular flexibility index (Phi) is 8.78. The highest BCUT2D eigenvalue weighted by molar-refractivity contribution is 4.74. The molecular weight excluding hydrogens is 392 g/mol. The maximum atomic E-state index is 6.00. The fourth-order valence-corrected chi connectivity index (χ4v) is 4.34. The van der Waals surface area contributed by atoms with E-state index in [0.29, 0.717) is 52.9 Å². The van der Waals surface area contributed by atoms with Gasteiger partial charge in [-0.2, -0.15) is 0 Å². The Labute approximate surface area is 179 Å². The summed E-state index contributed by atoms with van der Waals surface area (Å²) in [7, 11) is 0. The summed E-state index contributed by atoms with van der Waals surface area (Å²) >= 11 is 0. The zero-order valence-electron chi connectivity index (χ0n) is 18.1. The van der Waals surface area contributed by atoms with Gasteiger partial charge in [-0.25, -0.2) is 0 Å². The van der Waals surface area contributed by atoms with E-state index in [-0.39, 0.29) is 12.2 Å². The van der Waals surface area contributed by atoms with Gasteiger partial charge in [0.2, 0.25) is 0 Å². The van der Waals surface area contributed by atoms with Crippen molar-refractivity contribution in [1.82, 2.24) is 0 Å². The molecule has 0 aromatic heterocycles. The molecule has 0 aromatic carbocycles. The molecule has 4 aliphatic heterocycles. The lowest BCUT2D eigenvalue weighted by atomic mass is 10.2. The van der Waals surface area contributed by atoms with Crippen LogP contribution in [0.15, 0.2) is 0 Å². The van der Waals surface area contributed by atoms with Crippen molar-refractivity contribution in [1.29, 1.82) is 0 Å². The number of unbranched alkanes of at least 4 members (excludes halogenated alkanes) is 1. The van der Waals surface area contributed by atoms with Crippen LogP contribution in [-0.4, -0.2) is 77.0 Å². The van der Waals surface area contributed by atoms with Crippen molar-refractivity contribution in [2.24, 2.45) is 0 Å². The van der Waals surface area contributed by atoms with E-state index in [9.17, 15) is 0 Å². The topological polar surface area (TPSA) is 73.8 Å². The standard InChI is InChI=1S/C22H38O8/c1-3-9-21(25-13-5-1)27-17-19(29-21)15-23-11-7-8-12-24-16-20-18-28-22(30-20)10-4-2-6-14-26-22/h19-20H,1-18H2. The van der Waals surface area contributed by atoms with Gasteiger partial charge in [0.15, 0.2) is 0 Å². The summed E-state index contributed by atoms with van der Waals surface area (Å²) in [6.45, 7) is 4.96. The van der Waals surface area contributed by atoms with Crippen LogP contribution in [0.4, 0.5) is 0 Å². The fourth-order valence-electron chi connectivity index (χ4n) is 4.34. The van der Waals surface area contributed by atoms with Crippen molar-refractivity contribution >= 4 is 0 Å². The third-order valence-electron chi connectivity index (χ3n) is 6.00. The van der Waals surface area contributed by atoms with E-state index in [1.807, 2.05) is 0 Å². The summed E-state index contributed by atoms with van der Waals surface area (Å²) in [5, 5.41) is 0. The molecule has 0 amide bonds. The van der Waals surface area contributed by atoms with Gasteiger partial charge in [-0.3, -0.25) is 0 Å². The van der Waals surface area contributed by atoms with E-state index in [4.69, 9.17) is 37.9 Å². The highest BCUT2D eigenvalue weighted by atomic mass is 16.9. The van der Waals surface area contributed by atoms with Gasteiger partial charge in [0.25, 0.3) is 11.9 Å². The zero-order valence-corrected chi connectivity index (χ0v) is 18.1. The van der Waals surface area contributed by atoms with Crippen molar-refractivity contribution in [3.63, 3.8) is 0 Å². The first-order valence-electron chi connectivity index (χ1n) is 11.8. The third-order valence-corrected chi connectivity index (χ3v) is 6.00. The molecular formula is C22H38O8. The first kappa shape index (κ1) is 22.9. The van der Waals surface area contributed by atoms with Crippen LogP contribution in [0, 0.1) is 0 Å². The van der Waals surface area contributed by atoms with Crippen LogP contribution in [-0.2, 0) is 37.9 Å². The van der Waals surface area contributed by atoms with Gasteiger partial charge in [0, 0.05) is 26.1 Å². The van der Waals surface area contributed by atoms with Gasteiger partial charge in [-0.15, -0.1) is 0 Å². The predicted octanol–water partition coefficient (Wildman–Crippen LogP) is 3.12. The molecule has 174 valence electrons. The average molecular weight is 431 g/mol. The van der Waals surface area contributed by atoms with Gasteiger partial charge in [-0.1, -0.05) is 12.8 Å². The molecule has 8 nitrogen and oxygen atoms in total. The lowest BCUT2D eigenvalue weighted by Crippen LogP contribution is -2.34. The molecule has 2 spiro atoms. The van der Waals surface area contributed by atoms with Crippen LogP contribution in [0.1, 0.15) is 64.2 Å². The summed E-state index contributed by atoms with van der Waals surface area (Å²) < 4.78 is 46.7. The van der Waals surface area contributed by atoms with Crippen LogP contribution in [0.2, 0.25) is 0 Å². The molecule has 0 radical (unpaired) electrons. The van der Waals surface area contributed by atoms with Crippen molar-refractivity contribution in [2.45, 2.75) is 88.4 Å². The second-order valence-electron chi connectivity index (χ2n) is 8.64. The largest absolute Gasteiger partial charge is 0.379 e. The smallest absolute Gasteiger partial charge is 0.283 e. The van der Waals surface area contributed by atoms with Gasteiger partial charge >= 0.3 is 0 Å². The summed E-state index contributed by atoms with van der Waals surface area (Å²) in [4.78, 5) is 0. The Morgan fingerprint density at radius 3 is 1.60 bits per heavy atom. The molecule has 0 aliphatic carbocycles. The minimum atomic E-state index is -0.815. The second kappa shape index (κ2) is 11.5. The highest BCUT2D eigenvalue weighted by Gasteiger charge is 2.44. The van der Waals surface area contributed by atoms with E-state index in [1.165, 1.54) is 12.8 Å². The predicted molar refractivity (Wildman–Crippen MR) is 107 cm³/mol. The van der Waals surface area contributed by atoms with Gasteiger partial charge in [-0.05, 0) is 38.5 Å². The molecule has 4 rings (SSSR count). The molecule has 4 saturated heterocycles. The molecule has 4 atom stereocenters. The molecule has 4 fully saturated rings. The number of hydrogen-bond donors (Lipinski definition) is 0. The number of rotatable bonds is 9. The molecule has 0 aromatic rings. The summed E-state index contributed by atoms with van der Waals surface area (Å²) in [6, 6.07) is 0. The van der Waals surface area contributed by atoms with E-state index in [2.05, 4.69) is 0 Å². The van der Waals surface area contributed by atoms with Crippen molar-refractivity contribution in [3.8, 4) is 0 Å². The van der Waals surface area contributed by atoms with Gasteiger partial charge < -0.3 is 37.9 Å². The molecule has 0 bridgehead atoms. The minimum absolute atomic E-state index is 0.0441. The van der Waals surface area contributed by atoms with Crippen molar-refractivity contribution in [3.05, 3.63) is 0 Å². The van der Waals surface area contributed by atoms with Crippen molar-refractivity contribution < 1.29 is 37.9 Å². The maximum absolute atomic E-state index is 6.00. The van der Waals surface area contributed by atoms with E-state index in [1.54, 1.807) is 0 Å². The first-order chi connectivity index (χ1) is 14.8. The molecule has 0 saturated carbocycles. The van der Waals surface area contributed by atoms with E-state index in [0.717, 1.165) is 51.4 Å². The summed E-state index contributed by atoms with van der Waals surface area (Å²) in [6.07, 6.45) is 10.1. The first-order valence-corrected chi connectivity index (χ1v) is 11.8. The van der Waals surface area contributed by atoms with Crippen molar-refractivity contribution in [2.75, 3.05) is 52.9 Å². The Bertz CT molecular complexity index is 442. The normalized spacial score (nSPS) is 37.6. The van der Waals surface area contributed by atoms with E-state index < -0.39 is 11.9 Å².